The van der Waals surface area contributed by atoms with Crippen LogP contribution in [0.25, 0.3) is 0 Å². The van der Waals surface area contributed by atoms with E-state index >= 15 is 0 Å². The van der Waals surface area contributed by atoms with Crippen LogP contribution in [-0.2, 0) is 0 Å². The van der Waals surface area contributed by atoms with Gasteiger partial charge < -0.3 is 5.01 Å². The van der Waals surface area contributed by atoms with Crippen molar-refractivity contribution < 1.29 is 0 Å². The van der Waals surface area contributed by atoms with Crippen LogP contribution in [0.3, 0.4) is 0 Å². The maximum atomic E-state index is 3.17. The molecule has 80 valence electrons. The predicted molar refractivity (Wildman–Crippen MR) is 61.7 cm³/mol. The summed E-state index contributed by atoms with van der Waals surface area (Å²) < 4.78 is 0. The van der Waals surface area contributed by atoms with Gasteiger partial charge in [0.25, 0.3) is 0 Å². The second-order valence-corrected chi connectivity index (χ2v) is 5.41. The molecule has 2 nitrogen and oxygen atoms in total. The molecule has 2 heteroatoms. The van der Waals surface area contributed by atoms with E-state index in [1.165, 1.54) is 5.57 Å². The molecule has 1 aliphatic rings. The van der Waals surface area contributed by atoms with Crippen molar-refractivity contribution in [1.29, 1.82) is 0 Å². The maximum Gasteiger partial charge on any atom is 0.0685 e. The molecule has 1 heterocycles. The standard InChI is InChI=1S/C12H22N2/c1-11(2,3)10-7-8-14(13-6)12(4,5)9-10/h7-9,13H,1-6H3. The molecule has 0 unspecified atom stereocenters. The van der Waals surface area contributed by atoms with Crippen LogP contribution in [0.2, 0.25) is 0 Å². The van der Waals surface area contributed by atoms with E-state index in [-0.39, 0.29) is 11.0 Å². The van der Waals surface area contributed by atoms with E-state index < -0.39 is 0 Å². The van der Waals surface area contributed by atoms with Gasteiger partial charge in [0.15, 0.2) is 0 Å². The highest BCUT2D eigenvalue weighted by Gasteiger charge is 2.27. The van der Waals surface area contributed by atoms with Gasteiger partial charge in [0, 0.05) is 13.2 Å². The smallest absolute Gasteiger partial charge is 0.0685 e. The summed E-state index contributed by atoms with van der Waals surface area (Å²) in [5.74, 6) is 0. The molecule has 0 aromatic heterocycles. The van der Waals surface area contributed by atoms with Gasteiger partial charge in [0.1, 0.15) is 0 Å². The van der Waals surface area contributed by atoms with Crippen molar-refractivity contribution in [1.82, 2.24) is 10.4 Å². The average Bonchev–Trinajstić information content (AvgIpc) is 2.00. The first-order valence-electron chi connectivity index (χ1n) is 5.15. The van der Waals surface area contributed by atoms with Gasteiger partial charge in [-0.15, -0.1) is 0 Å². The van der Waals surface area contributed by atoms with Crippen LogP contribution in [-0.4, -0.2) is 17.6 Å². The van der Waals surface area contributed by atoms with Crippen LogP contribution in [0.4, 0.5) is 0 Å². The Balaban J connectivity index is 2.97. The fourth-order valence-corrected chi connectivity index (χ4v) is 1.67. The van der Waals surface area contributed by atoms with Gasteiger partial charge in [-0.2, -0.15) is 0 Å². The number of hydrogen-bond acceptors (Lipinski definition) is 2. The van der Waals surface area contributed by atoms with Crippen LogP contribution in [0.5, 0.6) is 0 Å². The largest absolute Gasteiger partial charge is 0.307 e. The Labute approximate surface area is 87.6 Å². The molecule has 14 heavy (non-hydrogen) atoms. The van der Waals surface area contributed by atoms with Gasteiger partial charge in [-0.1, -0.05) is 26.8 Å². The zero-order valence-corrected chi connectivity index (χ0v) is 10.2. The Morgan fingerprint density at radius 1 is 1.29 bits per heavy atom. The molecule has 0 atom stereocenters. The van der Waals surface area contributed by atoms with Gasteiger partial charge >= 0.3 is 0 Å². The Hall–Kier alpha value is -0.760. The van der Waals surface area contributed by atoms with E-state index in [1.54, 1.807) is 0 Å². The fraction of sp³-hybridized carbons (Fsp3) is 0.667. The van der Waals surface area contributed by atoms with E-state index in [0.717, 1.165) is 0 Å². The normalized spacial score (nSPS) is 21.0. The summed E-state index contributed by atoms with van der Waals surface area (Å²) in [5, 5.41) is 2.11. The molecule has 0 saturated heterocycles. The highest BCUT2D eigenvalue weighted by Crippen LogP contribution is 2.32. The third kappa shape index (κ3) is 2.18. The van der Waals surface area contributed by atoms with Crippen LogP contribution < -0.4 is 5.43 Å². The van der Waals surface area contributed by atoms with E-state index in [9.17, 15) is 0 Å². The van der Waals surface area contributed by atoms with Crippen LogP contribution in [0.1, 0.15) is 34.6 Å². The maximum absolute atomic E-state index is 3.17. The summed E-state index contributed by atoms with van der Waals surface area (Å²) in [7, 11) is 1.95. The van der Waals surface area contributed by atoms with E-state index in [0.29, 0.717) is 0 Å². The van der Waals surface area contributed by atoms with E-state index in [1.807, 2.05) is 7.05 Å². The molecule has 1 aliphatic heterocycles. The molecule has 1 N–H and O–H groups in total. The molecule has 0 fully saturated rings. The Bertz CT molecular complexity index is 267. The lowest BCUT2D eigenvalue weighted by atomic mass is 9.81. The number of allylic oxidation sites excluding steroid dienone is 2. The highest BCUT2D eigenvalue weighted by molar-refractivity contribution is 5.32. The van der Waals surface area contributed by atoms with Crippen LogP contribution >= 0.6 is 0 Å². The van der Waals surface area contributed by atoms with Crippen molar-refractivity contribution in [3.8, 4) is 0 Å². The van der Waals surface area contributed by atoms with Gasteiger partial charge in [-0.05, 0) is 30.9 Å². The van der Waals surface area contributed by atoms with Crippen molar-refractivity contribution in [2.45, 2.75) is 40.2 Å². The lowest BCUT2D eigenvalue weighted by molar-refractivity contribution is 0.171. The minimum atomic E-state index is 0.0477. The van der Waals surface area contributed by atoms with Gasteiger partial charge in [-0.25, -0.2) is 5.43 Å². The number of nitrogens with zero attached hydrogens (tertiary/aromatic N) is 1. The minimum absolute atomic E-state index is 0.0477. The molecule has 0 radical (unpaired) electrons. The van der Waals surface area contributed by atoms with Gasteiger partial charge in [-0.3, -0.25) is 0 Å². The van der Waals surface area contributed by atoms with E-state index in [4.69, 9.17) is 0 Å². The highest BCUT2D eigenvalue weighted by atomic mass is 15.5. The summed E-state index contributed by atoms with van der Waals surface area (Å²) in [4.78, 5) is 0. The van der Waals surface area contributed by atoms with Crippen molar-refractivity contribution in [2.24, 2.45) is 5.41 Å². The molecule has 0 bridgehead atoms. The van der Waals surface area contributed by atoms with Crippen molar-refractivity contribution >= 4 is 0 Å². The summed E-state index contributed by atoms with van der Waals surface area (Å²) in [6.07, 6.45) is 6.62. The van der Waals surface area contributed by atoms with Crippen LogP contribution in [0, 0.1) is 5.41 Å². The Morgan fingerprint density at radius 3 is 2.21 bits per heavy atom. The zero-order valence-electron chi connectivity index (χ0n) is 10.2. The topological polar surface area (TPSA) is 15.3 Å². The van der Waals surface area contributed by atoms with Gasteiger partial charge in [0.2, 0.25) is 0 Å². The van der Waals surface area contributed by atoms with Crippen molar-refractivity contribution in [3.63, 3.8) is 0 Å². The van der Waals surface area contributed by atoms with Crippen molar-refractivity contribution in [3.05, 3.63) is 23.9 Å². The second-order valence-electron chi connectivity index (χ2n) is 5.41. The first-order chi connectivity index (χ1) is 6.27. The Kier molecular flexibility index (Phi) is 2.77. The monoisotopic (exact) mass is 194 g/mol. The molecule has 0 aliphatic carbocycles. The SMILES string of the molecule is CNN1C=CC(C(C)(C)C)=CC1(C)C. The lowest BCUT2D eigenvalue weighted by Crippen LogP contribution is -2.47. The van der Waals surface area contributed by atoms with Crippen molar-refractivity contribution in [2.75, 3.05) is 7.05 Å². The third-order valence-corrected chi connectivity index (χ3v) is 2.64. The number of hydrazine groups is 1. The zero-order chi connectivity index (χ0) is 11.0. The molecule has 0 saturated carbocycles. The summed E-state index contributed by atoms with van der Waals surface area (Å²) >= 11 is 0. The number of rotatable bonds is 1. The van der Waals surface area contributed by atoms with Gasteiger partial charge in [0.05, 0.1) is 5.54 Å². The fourth-order valence-electron chi connectivity index (χ4n) is 1.67. The lowest BCUT2D eigenvalue weighted by Gasteiger charge is -2.39. The second kappa shape index (κ2) is 3.43. The van der Waals surface area contributed by atoms with E-state index in [2.05, 4.69) is 63.4 Å². The molecule has 1 rings (SSSR count). The molecule has 0 aromatic rings. The first kappa shape index (κ1) is 11.3. The Morgan fingerprint density at radius 2 is 1.86 bits per heavy atom. The quantitative estimate of drug-likeness (QED) is 0.690. The molecule has 0 spiro atoms. The van der Waals surface area contributed by atoms with Crippen LogP contribution in [0.15, 0.2) is 23.9 Å². The molecular formula is C12H22N2. The number of nitrogens with one attached hydrogen (secondary N) is 1. The predicted octanol–water partition coefficient (Wildman–Crippen LogP) is 2.70. The summed E-state index contributed by atoms with van der Waals surface area (Å²) in [6, 6.07) is 0. The molecule has 0 aromatic carbocycles. The molecule has 0 amide bonds. The average molecular weight is 194 g/mol. The first-order valence-corrected chi connectivity index (χ1v) is 5.15. The minimum Gasteiger partial charge on any atom is -0.307 e. The summed E-state index contributed by atoms with van der Waals surface area (Å²) in [6.45, 7) is 11.1. The molecular weight excluding hydrogens is 172 g/mol. The third-order valence-electron chi connectivity index (χ3n) is 2.64. The summed E-state index contributed by atoms with van der Waals surface area (Å²) in [5.41, 5.74) is 4.84. The number of hydrogen-bond donors (Lipinski definition) is 1.